The van der Waals surface area contributed by atoms with Gasteiger partial charge in [-0.25, -0.2) is 0 Å². The molecular weight excluding hydrogens is 341 g/mol. The molecule has 0 spiro atoms. The Labute approximate surface area is 124 Å². The number of benzene rings is 1. The van der Waals surface area contributed by atoms with Gasteiger partial charge in [0.05, 0.1) is 21.1 Å². The molecule has 1 unspecified atom stereocenters. The second-order valence-corrected chi connectivity index (χ2v) is 7.35. The molecule has 1 rings (SSSR count). The van der Waals surface area contributed by atoms with Crippen LogP contribution < -0.4 is 0 Å². The molecule has 0 fully saturated rings. The normalized spacial score (nSPS) is 13.8. The maximum atomic E-state index is 2.47. The third-order valence-corrected chi connectivity index (χ3v) is 4.77. The lowest BCUT2D eigenvalue weighted by Crippen LogP contribution is -2.39. The molecule has 3 heteroatoms. The molecule has 0 amide bonds. The average molecular weight is 364 g/mol. The van der Waals surface area contributed by atoms with Crippen molar-refractivity contribution in [2.75, 3.05) is 27.4 Å². The Balaban J connectivity index is 3.17. The molecule has 0 aromatic heterocycles. The largest absolute Gasteiger partial charge is 0.325 e. The fourth-order valence-electron chi connectivity index (χ4n) is 2.14. The van der Waals surface area contributed by atoms with Crippen molar-refractivity contribution in [1.29, 1.82) is 0 Å². The second-order valence-electron chi connectivity index (χ2n) is 5.31. The summed E-state index contributed by atoms with van der Waals surface area (Å²) in [5, 5.41) is 0. The third-order valence-electron chi connectivity index (χ3n) is 3.06. The predicted molar refractivity (Wildman–Crippen MR) is 86.6 cm³/mol. The van der Waals surface area contributed by atoms with E-state index in [4.69, 9.17) is 0 Å². The summed E-state index contributed by atoms with van der Waals surface area (Å²) in [6.07, 6.45) is 4.63. The lowest BCUT2D eigenvalue weighted by Gasteiger charge is -2.35. The van der Waals surface area contributed by atoms with E-state index in [2.05, 4.69) is 75.1 Å². The van der Waals surface area contributed by atoms with Crippen molar-refractivity contribution < 1.29 is 4.48 Å². The van der Waals surface area contributed by atoms with Crippen LogP contribution in [-0.2, 0) is 0 Å². The highest BCUT2D eigenvalue weighted by Gasteiger charge is 2.26. The Kier molecular flexibility index (Phi) is 5.80. The monoisotopic (exact) mass is 364 g/mol. The Hall–Kier alpha value is 0.260. The topological polar surface area (TPSA) is 0 Å². The van der Waals surface area contributed by atoms with Crippen LogP contribution in [0, 0.1) is 3.57 Å². The van der Waals surface area contributed by atoms with Gasteiger partial charge in [-0.3, -0.25) is 0 Å². The SMILES string of the molecule is CCCC(c1cc(SC)ccc1I)[N+](C)(C)C. The smallest absolute Gasteiger partial charge is 0.115 e. The van der Waals surface area contributed by atoms with Gasteiger partial charge in [-0.2, -0.15) is 0 Å². The second kappa shape index (κ2) is 6.43. The van der Waals surface area contributed by atoms with Crippen molar-refractivity contribution >= 4 is 34.4 Å². The Morgan fingerprint density at radius 3 is 2.41 bits per heavy atom. The summed E-state index contributed by atoms with van der Waals surface area (Å²) in [6.45, 7) is 2.27. The Morgan fingerprint density at radius 1 is 1.29 bits per heavy atom. The van der Waals surface area contributed by atoms with E-state index in [0.717, 1.165) is 4.48 Å². The predicted octanol–water partition coefficient (Wildman–Crippen LogP) is 4.56. The van der Waals surface area contributed by atoms with E-state index in [-0.39, 0.29) is 0 Å². The van der Waals surface area contributed by atoms with E-state index in [1.54, 1.807) is 0 Å². The molecule has 0 heterocycles. The highest BCUT2D eigenvalue weighted by atomic mass is 127. The van der Waals surface area contributed by atoms with E-state index in [1.807, 2.05) is 11.8 Å². The quantitative estimate of drug-likeness (QED) is 0.419. The minimum atomic E-state index is 0.596. The van der Waals surface area contributed by atoms with Gasteiger partial charge in [-0.05, 0) is 47.0 Å². The number of halogens is 1. The van der Waals surface area contributed by atoms with Gasteiger partial charge in [0.1, 0.15) is 6.04 Å². The van der Waals surface area contributed by atoms with Crippen LogP contribution in [0.5, 0.6) is 0 Å². The van der Waals surface area contributed by atoms with Crippen molar-refractivity contribution in [3.63, 3.8) is 0 Å². The molecule has 0 saturated heterocycles. The van der Waals surface area contributed by atoms with Crippen LogP contribution in [-0.4, -0.2) is 31.9 Å². The molecule has 17 heavy (non-hydrogen) atoms. The molecule has 0 aliphatic heterocycles. The van der Waals surface area contributed by atoms with Crippen LogP contribution in [0.2, 0.25) is 0 Å². The fraction of sp³-hybridized carbons (Fsp3) is 0.571. The first-order valence-electron chi connectivity index (χ1n) is 6.04. The summed E-state index contributed by atoms with van der Waals surface area (Å²) >= 11 is 4.30. The van der Waals surface area contributed by atoms with Gasteiger partial charge in [-0.1, -0.05) is 13.3 Å². The summed E-state index contributed by atoms with van der Waals surface area (Å²) in [5.41, 5.74) is 1.51. The van der Waals surface area contributed by atoms with Gasteiger partial charge in [0.2, 0.25) is 0 Å². The number of quaternary nitrogens is 1. The summed E-state index contributed by atoms with van der Waals surface area (Å²) < 4.78 is 2.40. The third kappa shape index (κ3) is 4.14. The van der Waals surface area contributed by atoms with Crippen LogP contribution in [0.15, 0.2) is 23.1 Å². The minimum absolute atomic E-state index is 0.596. The van der Waals surface area contributed by atoms with Crippen LogP contribution in [0.3, 0.4) is 0 Å². The van der Waals surface area contributed by atoms with Crippen LogP contribution >= 0.6 is 34.4 Å². The molecule has 0 aliphatic carbocycles. The fourth-order valence-corrected chi connectivity index (χ4v) is 3.28. The van der Waals surface area contributed by atoms with Gasteiger partial charge in [0.15, 0.2) is 0 Å². The summed E-state index contributed by atoms with van der Waals surface area (Å²) in [7, 11) is 6.88. The zero-order valence-corrected chi connectivity index (χ0v) is 14.4. The summed E-state index contributed by atoms with van der Waals surface area (Å²) in [4.78, 5) is 1.37. The van der Waals surface area contributed by atoms with E-state index >= 15 is 0 Å². The molecule has 0 N–H and O–H groups in total. The number of hydrogen-bond acceptors (Lipinski definition) is 1. The average Bonchev–Trinajstić information content (AvgIpc) is 2.25. The number of hydrogen-bond donors (Lipinski definition) is 0. The first-order chi connectivity index (χ1) is 7.90. The van der Waals surface area contributed by atoms with Crippen LogP contribution in [0.25, 0.3) is 0 Å². The number of thioether (sulfide) groups is 1. The minimum Gasteiger partial charge on any atom is -0.325 e. The number of rotatable bonds is 5. The van der Waals surface area contributed by atoms with E-state index in [9.17, 15) is 0 Å². The van der Waals surface area contributed by atoms with E-state index in [0.29, 0.717) is 6.04 Å². The van der Waals surface area contributed by atoms with E-state index in [1.165, 1.54) is 26.9 Å². The molecule has 0 radical (unpaired) electrons. The Morgan fingerprint density at radius 2 is 1.94 bits per heavy atom. The maximum Gasteiger partial charge on any atom is 0.115 e. The highest BCUT2D eigenvalue weighted by Crippen LogP contribution is 2.33. The van der Waals surface area contributed by atoms with Gasteiger partial charge >= 0.3 is 0 Å². The molecule has 0 bridgehead atoms. The zero-order valence-electron chi connectivity index (χ0n) is 11.5. The molecule has 1 atom stereocenters. The van der Waals surface area contributed by atoms with E-state index < -0.39 is 0 Å². The first kappa shape index (κ1) is 15.3. The standard InChI is InChI=1S/C14H23INS/c1-6-7-14(16(2,3)4)12-10-11(17-5)8-9-13(12)15/h8-10,14H,6-7H2,1-5H3/q+1. The van der Waals surface area contributed by atoms with Crippen molar-refractivity contribution in [3.05, 3.63) is 27.3 Å². The maximum absolute atomic E-state index is 2.47. The van der Waals surface area contributed by atoms with Crippen molar-refractivity contribution in [2.45, 2.75) is 30.7 Å². The molecule has 1 aromatic rings. The lowest BCUT2D eigenvalue weighted by molar-refractivity contribution is -0.902. The molecule has 96 valence electrons. The molecular formula is C14H23INS+. The van der Waals surface area contributed by atoms with Crippen molar-refractivity contribution in [1.82, 2.24) is 0 Å². The van der Waals surface area contributed by atoms with Crippen molar-refractivity contribution in [3.8, 4) is 0 Å². The summed E-state index contributed by atoms with van der Waals surface area (Å²) in [5.74, 6) is 0. The van der Waals surface area contributed by atoms with Crippen LogP contribution in [0.1, 0.15) is 31.4 Å². The lowest BCUT2D eigenvalue weighted by atomic mass is 10.00. The highest BCUT2D eigenvalue weighted by molar-refractivity contribution is 14.1. The summed E-state index contributed by atoms with van der Waals surface area (Å²) in [6, 6.07) is 7.43. The molecule has 0 aliphatic rings. The van der Waals surface area contributed by atoms with Crippen LogP contribution in [0.4, 0.5) is 0 Å². The molecule has 1 nitrogen and oxygen atoms in total. The molecule has 1 aromatic carbocycles. The van der Waals surface area contributed by atoms with Crippen molar-refractivity contribution in [2.24, 2.45) is 0 Å². The number of nitrogens with zero attached hydrogens (tertiary/aromatic N) is 1. The van der Waals surface area contributed by atoms with Gasteiger partial charge in [0.25, 0.3) is 0 Å². The van der Waals surface area contributed by atoms with Gasteiger partial charge < -0.3 is 4.48 Å². The Bertz CT molecular complexity index is 371. The zero-order chi connectivity index (χ0) is 13.1. The van der Waals surface area contributed by atoms with Gasteiger partial charge in [-0.15, -0.1) is 11.8 Å². The first-order valence-corrected chi connectivity index (χ1v) is 8.35. The molecule has 0 saturated carbocycles. The van der Waals surface area contributed by atoms with Gasteiger partial charge in [0, 0.05) is 20.4 Å².